The van der Waals surface area contributed by atoms with Crippen LogP contribution in [0.25, 0.3) is 22.3 Å². The number of rotatable bonds is 4. The van der Waals surface area contributed by atoms with Crippen molar-refractivity contribution in [1.82, 2.24) is 15.2 Å². The monoisotopic (exact) mass is 557 g/mol. The maximum atomic E-state index is 15.1. The highest BCUT2D eigenvalue weighted by Crippen LogP contribution is 2.35. The average molecular weight is 558 g/mol. The molecule has 0 aliphatic carbocycles. The Kier molecular flexibility index (Phi) is 7.54. The summed E-state index contributed by atoms with van der Waals surface area (Å²) in [4.78, 5) is 30.1. The Morgan fingerprint density at radius 3 is 2.51 bits per heavy atom. The molecular weight excluding hydrogens is 525 g/mol. The number of carbonyl (C=O) groups excluding carboxylic acids is 2. The summed E-state index contributed by atoms with van der Waals surface area (Å²) in [5.41, 5.74) is 9.21. The van der Waals surface area contributed by atoms with Gasteiger partial charge in [0, 0.05) is 49.2 Å². The molecule has 3 heterocycles. The molecule has 1 aromatic heterocycles. The van der Waals surface area contributed by atoms with Gasteiger partial charge in [-0.3, -0.25) is 4.79 Å². The van der Waals surface area contributed by atoms with Crippen LogP contribution in [0.1, 0.15) is 55.1 Å². The van der Waals surface area contributed by atoms with Crippen LogP contribution in [0, 0.1) is 17.3 Å². The van der Waals surface area contributed by atoms with Crippen LogP contribution >= 0.6 is 0 Å². The quantitative estimate of drug-likeness (QED) is 0.428. The lowest BCUT2D eigenvalue weighted by atomic mass is 9.94. The first kappa shape index (κ1) is 27.9. The van der Waals surface area contributed by atoms with Gasteiger partial charge in [0.05, 0.1) is 5.56 Å². The summed E-state index contributed by atoms with van der Waals surface area (Å²) in [5, 5.41) is 12.7. The van der Waals surface area contributed by atoms with Crippen molar-refractivity contribution in [3.8, 4) is 34.1 Å². The first-order chi connectivity index (χ1) is 19.5. The molecule has 0 atom stereocenters. The molecule has 212 valence electrons. The van der Waals surface area contributed by atoms with Crippen molar-refractivity contribution in [2.24, 2.45) is 0 Å². The van der Waals surface area contributed by atoms with Gasteiger partial charge in [-0.15, -0.1) is 0 Å². The van der Waals surface area contributed by atoms with Crippen molar-refractivity contribution in [3.05, 3.63) is 65.1 Å². The number of nitrogen functional groups attached to an aromatic ring is 1. The second-order valence-electron chi connectivity index (χ2n) is 11.2. The van der Waals surface area contributed by atoms with Crippen LogP contribution in [0.15, 0.2) is 42.5 Å². The fourth-order valence-electron chi connectivity index (χ4n) is 5.08. The fraction of sp³-hybridized carbons (Fsp3) is 0.355. The number of halogens is 1. The molecule has 2 amide bonds. The number of hydrogen-bond donors (Lipinski definition) is 2. The lowest BCUT2D eigenvalue weighted by molar-refractivity contribution is 0.0126. The Bertz CT molecular complexity index is 1550. The number of amides is 2. The van der Waals surface area contributed by atoms with Crippen LogP contribution in [0.5, 0.6) is 5.75 Å². The number of likely N-dealkylation sites (tertiary alicyclic amines) is 1. The molecule has 41 heavy (non-hydrogen) atoms. The van der Waals surface area contributed by atoms with Gasteiger partial charge in [0.2, 0.25) is 5.95 Å². The van der Waals surface area contributed by atoms with E-state index >= 15 is 4.39 Å². The van der Waals surface area contributed by atoms with Gasteiger partial charge in [-0.2, -0.15) is 9.65 Å². The molecule has 1 saturated heterocycles. The second-order valence-corrected chi connectivity index (χ2v) is 11.2. The van der Waals surface area contributed by atoms with Crippen LogP contribution in [0.4, 0.5) is 15.0 Å². The van der Waals surface area contributed by atoms with Crippen molar-refractivity contribution in [2.75, 3.05) is 25.4 Å². The Hall–Kier alpha value is -4.65. The summed E-state index contributed by atoms with van der Waals surface area (Å²) in [6.07, 6.45) is 1.34. The molecule has 3 aromatic rings. The van der Waals surface area contributed by atoms with Crippen molar-refractivity contribution < 1.29 is 23.5 Å². The molecule has 0 radical (unpaired) electrons. The number of aromatic nitrogens is 1. The molecule has 10 heteroatoms. The Morgan fingerprint density at radius 1 is 1.10 bits per heavy atom. The Labute approximate surface area is 238 Å². The predicted molar refractivity (Wildman–Crippen MR) is 152 cm³/mol. The molecule has 2 aliphatic heterocycles. The smallest absolute Gasteiger partial charge is 0.410 e. The zero-order valence-corrected chi connectivity index (χ0v) is 23.3. The Morgan fingerprint density at radius 2 is 1.80 bits per heavy atom. The van der Waals surface area contributed by atoms with E-state index in [2.05, 4.69) is 16.4 Å². The number of benzene rings is 2. The number of ether oxygens (including phenoxy) is 2. The standard InChI is InChI=1S/C31H32FN5O4/c1-31(2,3)41-30(39)37-12-9-22(10-13-37)40-26-7-5-18(15-21(26)17-33)24-16-25(28(34)36-27(24)32)19-4-6-23-20(14-19)8-11-35-29(23)38/h4-7,14-16,22H,8-13H2,1-3H3,(H2,34,36)(H,35,38). The van der Waals surface area contributed by atoms with E-state index in [9.17, 15) is 14.9 Å². The maximum absolute atomic E-state index is 15.1. The molecule has 0 unspecified atom stereocenters. The highest BCUT2D eigenvalue weighted by Gasteiger charge is 2.28. The highest BCUT2D eigenvalue weighted by molar-refractivity contribution is 5.97. The summed E-state index contributed by atoms with van der Waals surface area (Å²) in [6.45, 7) is 7.00. The third-order valence-corrected chi connectivity index (χ3v) is 7.14. The fourth-order valence-corrected chi connectivity index (χ4v) is 5.08. The first-order valence-electron chi connectivity index (χ1n) is 13.6. The van der Waals surface area contributed by atoms with Gasteiger partial charge in [-0.05, 0) is 68.1 Å². The summed E-state index contributed by atoms with van der Waals surface area (Å²) < 4.78 is 26.7. The van der Waals surface area contributed by atoms with E-state index in [4.69, 9.17) is 15.2 Å². The van der Waals surface area contributed by atoms with Gasteiger partial charge in [0.1, 0.15) is 29.3 Å². The van der Waals surface area contributed by atoms with Crippen molar-refractivity contribution in [3.63, 3.8) is 0 Å². The lowest BCUT2D eigenvalue weighted by Crippen LogP contribution is -2.44. The SMILES string of the molecule is CC(C)(C)OC(=O)N1CCC(Oc2ccc(-c3cc(-c4ccc5c(c4)CCNC5=O)c(N)nc3F)cc2C#N)CC1. The van der Waals surface area contributed by atoms with Crippen molar-refractivity contribution in [1.29, 1.82) is 5.26 Å². The Balaban J connectivity index is 1.35. The van der Waals surface area contributed by atoms with Gasteiger partial charge >= 0.3 is 6.09 Å². The third-order valence-electron chi connectivity index (χ3n) is 7.14. The van der Waals surface area contributed by atoms with Crippen LogP contribution < -0.4 is 15.8 Å². The van der Waals surface area contributed by atoms with E-state index in [1.165, 1.54) is 0 Å². The summed E-state index contributed by atoms with van der Waals surface area (Å²) in [6, 6.07) is 14.1. The van der Waals surface area contributed by atoms with Gasteiger partial charge in [0.15, 0.2) is 0 Å². The molecule has 9 nitrogen and oxygen atoms in total. The molecule has 5 rings (SSSR count). The van der Waals surface area contributed by atoms with E-state index < -0.39 is 11.5 Å². The molecule has 0 spiro atoms. The van der Waals surface area contributed by atoms with E-state index in [1.807, 2.05) is 26.8 Å². The van der Waals surface area contributed by atoms with Crippen LogP contribution in [-0.4, -0.2) is 53.2 Å². The van der Waals surface area contributed by atoms with E-state index in [1.54, 1.807) is 41.3 Å². The van der Waals surface area contributed by atoms with Crippen molar-refractivity contribution in [2.45, 2.75) is 51.7 Å². The molecule has 3 N–H and O–H groups in total. The lowest BCUT2D eigenvalue weighted by Gasteiger charge is -2.33. The van der Waals surface area contributed by atoms with Gasteiger partial charge in [0.25, 0.3) is 5.91 Å². The second kappa shape index (κ2) is 11.1. The minimum absolute atomic E-state index is 0.0321. The van der Waals surface area contributed by atoms with Crippen LogP contribution in [0.2, 0.25) is 0 Å². The topological polar surface area (TPSA) is 131 Å². The number of nitrogens with two attached hydrogens (primary N) is 1. The predicted octanol–water partition coefficient (Wildman–Crippen LogP) is 5.07. The normalized spacial score (nSPS) is 15.5. The number of nitrogens with zero attached hydrogens (tertiary/aromatic N) is 3. The number of nitriles is 1. The number of carbonyl (C=O) groups is 2. The van der Waals surface area contributed by atoms with Gasteiger partial charge in [-0.1, -0.05) is 18.2 Å². The molecule has 0 saturated carbocycles. The van der Waals surface area contributed by atoms with E-state index in [0.29, 0.717) is 61.3 Å². The van der Waals surface area contributed by atoms with Gasteiger partial charge in [-0.25, -0.2) is 9.78 Å². The molecule has 2 aliphatic rings. The molecule has 1 fully saturated rings. The molecular formula is C31H32FN5O4. The number of nitrogens with one attached hydrogen (secondary N) is 1. The van der Waals surface area contributed by atoms with E-state index in [0.717, 1.165) is 11.1 Å². The van der Waals surface area contributed by atoms with Crippen molar-refractivity contribution >= 4 is 17.8 Å². The van der Waals surface area contributed by atoms with E-state index in [-0.39, 0.29) is 35.0 Å². The highest BCUT2D eigenvalue weighted by atomic mass is 19.1. The first-order valence-corrected chi connectivity index (χ1v) is 13.6. The number of pyridine rings is 1. The van der Waals surface area contributed by atoms with Crippen LogP contribution in [0.3, 0.4) is 0 Å². The zero-order valence-electron chi connectivity index (χ0n) is 23.3. The van der Waals surface area contributed by atoms with Crippen LogP contribution in [-0.2, 0) is 11.2 Å². The minimum atomic E-state index is -0.754. The largest absolute Gasteiger partial charge is 0.489 e. The minimum Gasteiger partial charge on any atom is -0.489 e. The maximum Gasteiger partial charge on any atom is 0.410 e. The number of fused-ring (bicyclic) bond motifs is 1. The summed E-state index contributed by atoms with van der Waals surface area (Å²) >= 11 is 0. The average Bonchev–Trinajstić information content (AvgIpc) is 2.93. The summed E-state index contributed by atoms with van der Waals surface area (Å²) in [7, 11) is 0. The molecule has 2 aromatic carbocycles. The zero-order chi connectivity index (χ0) is 29.3. The summed E-state index contributed by atoms with van der Waals surface area (Å²) in [5.74, 6) is -0.451. The third kappa shape index (κ3) is 6.09. The molecule has 0 bridgehead atoms. The van der Waals surface area contributed by atoms with Gasteiger partial charge < -0.3 is 25.4 Å². The number of piperidine rings is 1. The number of anilines is 1. The number of hydrogen-bond acceptors (Lipinski definition) is 7.